The molecule has 20 heavy (non-hydrogen) atoms. The first-order valence-electron chi connectivity index (χ1n) is 5.97. The van der Waals surface area contributed by atoms with E-state index in [1.807, 2.05) is 6.92 Å². The van der Waals surface area contributed by atoms with Crippen molar-refractivity contribution in [3.8, 4) is 0 Å². The molecule has 0 radical (unpaired) electrons. The molecule has 0 amide bonds. The summed E-state index contributed by atoms with van der Waals surface area (Å²) in [5.41, 5.74) is 2.39. The van der Waals surface area contributed by atoms with Gasteiger partial charge in [-0.25, -0.2) is 0 Å². The van der Waals surface area contributed by atoms with Crippen LogP contribution in [-0.2, 0) is 13.1 Å². The summed E-state index contributed by atoms with van der Waals surface area (Å²) in [5.74, 6) is 0. The van der Waals surface area contributed by atoms with E-state index in [-0.39, 0.29) is 10.7 Å². The number of hydrogen-bond acceptors (Lipinski definition) is 5. The van der Waals surface area contributed by atoms with Gasteiger partial charge < -0.3 is 5.32 Å². The van der Waals surface area contributed by atoms with Crippen LogP contribution in [0.1, 0.15) is 17.0 Å². The minimum Gasteiger partial charge on any atom is -0.307 e. The zero-order valence-electron chi connectivity index (χ0n) is 10.8. The number of nitro groups is 1. The summed E-state index contributed by atoms with van der Waals surface area (Å²) in [6.07, 6.45) is 3.40. The fraction of sp³-hybridized carbons (Fsp3) is 0.231. The molecule has 7 heteroatoms. The first-order valence-corrected chi connectivity index (χ1v) is 6.35. The molecule has 1 N–H and O–H groups in total. The molecular weight excluding hydrogens is 280 g/mol. The van der Waals surface area contributed by atoms with Gasteiger partial charge in [-0.1, -0.05) is 17.7 Å². The van der Waals surface area contributed by atoms with Gasteiger partial charge in [-0.15, -0.1) is 0 Å². The topological polar surface area (TPSA) is 81.0 Å². The van der Waals surface area contributed by atoms with E-state index in [0.717, 1.165) is 17.0 Å². The van der Waals surface area contributed by atoms with Gasteiger partial charge in [0.2, 0.25) is 0 Å². The third-order valence-corrected chi connectivity index (χ3v) is 3.00. The van der Waals surface area contributed by atoms with Gasteiger partial charge in [-0.05, 0) is 18.6 Å². The second-order valence-electron chi connectivity index (χ2n) is 4.30. The van der Waals surface area contributed by atoms with Crippen molar-refractivity contribution in [1.82, 2.24) is 15.3 Å². The number of hydrogen-bond donors (Lipinski definition) is 1. The Morgan fingerprint density at radius 1 is 1.30 bits per heavy atom. The van der Waals surface area contributed by atoms with Crippen molar-refractivity contribution in [2.75, 3.05) is 0 Å². The standard InChI is InChI=1S/C13H13ClN4O2/c1-9-5-17-11(8-16-9)7-15-6-10-2-3-12(14)13(4-10)18(19)20/h2-5,8,15H,6-7H2,1H3. The summed E-state index contributed by atoms with van der Waals surface area (Å²) in [4.78, 5) is 18.7. The maximum absolute atomic E-state index is 10.8. The molecule has 1 aromatic heterocycles. The molecule has 0 saturated heterocycles. The number of rotatable bonds is 5. The Bertz CT molecular complexity index is 616. The Hall–Kier alpha value is -2.05. The van der Waals surface area contributed by atoms with E-state index in [0.29, 0.717) is 13.1 Å². The summed E-state index contributed by atoms with van der Waals surface area (Å²) in [6, 6.07) is 4.75. The molecule has 0 unspecified atom stereocenters. The number of nitrogens with one attached hydrogen (secondary N) is 1. The first-order chi connectivity index (χ1) is 9.56. The van der Waals surface area contributed by atoms with Crippen molar-refractivity contribution >= 4 is 17.3 Å². The van der Waals surface area contributed by atoms with Crippen molar-refractivity contribution in [3.63, 3.8) is 0 Å². The SMILES string of the molecule is Cc1cnc(CNCc2ccc(Cl)c([N+](=O)[O-])c2)cn1. The molecule has 2 rings (SSSR count). The molecule has 104 valence electrons. The Labute approximate surface area is 121 Å². The van der Waals surface area contributed by atoms with Gasteiger partial charge in [-0.2, -0.15) is 0 Å². The lowest BCUT2D eigenvalue weighted by Gasteiger charge is -2.05. The van der Waals surface area contributed by atoms with E-state index in [1.54, 1.807) is 18.5 Å². The largest absolute Gasteiger partial charge is 0.307 e. The third kappa shape index (κ3) is 3.72. The van der Waals surface area contributed by atoms with E-state index in [9.17, 15) is 10.1 Å². The number of halogens is 1. The van der Waals surface area contributed by atoms with Crippen LogP contribution in [0.25, 0.3) is 0 Å². The molecule has 0 fully saturated rings. The molecular formula is C13H13ClN4O2. The monoisotopic (exact) mass is 292 g/mol. The normalized spacial score (nSPS) is 10.5. The molecule has 0 aliphatic carbocycles. The van der Waals surface area contributed by atoms with Crippen LogP contribution in [0.3, 0.4) is 0 Å². The summed E-state index contributed by atoms with van der Waals surface area (Å²) in [5, 5.41) is 14.1. The first kappa shape index (κ1) is 14.4. The molecule has 0 spiro atoms. The molecule has 1 aromatic carbocycles. The lowest BCUT2D eigenvalue weighted by molar-refractivity contribution is -0.384. The van der Waals surface area contributed by atoms with Gasteiger partial charge >= 0.3 is 0 Å². The molecule has 0 aliphatic heterocycles. The average molecular weight is 293 g/mol. The quantitative estimate of drug-likeness (QED) is 0.677. The third-order valence-electron chi connectivity index (χ3n) is 2.68. The number of aromatic nitrogens is 2. The number of nitro benzene ring substituents is 1. The predicted molar refractivity (Wildman–Crippen MR) is 75.4 cm³/mol. The van der Waals surface area contributed by atoms with Crippen molar-refractivity contribution in [2.24, 2.45) is 0 Å². The fourth-order valence-electron chi connectivity index (χ4n) is 1.65. The average Bonchev–Trinajstić information content (AvgIpc) is 2.42. The number of nitrogens with zero attached hydrogens (tertiary/aromatic N) is 3. The molecule has 0 bridgehead atoms. The van der Waals surface area contributed by atoms with Crippen molar-refractivity contribution < 1.29 is 4.92 Å². The summed E-state index contributed by atoms with van der Waals surface area (Å²) >= 11 is 5.76. The molecule has 1 heterocycles. The Morgan fingerprint density at radius 2 is 2.10 bits per heavy atom. The van der Waals surface area contributed by atoms with Crippen molar-refractivity contribution in [1.29, 1.82) is 0 Å². The highest BCUT2D eigenvalue weighted by atomic mass is 35.5. The smallest absolute Gasteiger partial charge is 0.288 e. The van der Waals surface area contributed by atoms with E-state index < -0.39 is 4.92 Å². The van der Waals surface area contributed by atoms with E-state index in [1.165, 1.54) is 12.1 Å². The van der Waals surface area contributed by atoms with Gasteiger partial charge in [0.25, 0.3) is 5.69 Å². The zero-order valence-corrected chi connectivity index (χ0v) is 11.6. The molecule has 6 nitrogen and oxygen atoms in total. The van der Waals surface area contributed by atoms with Crippen LogP contribution in [0.5, 0.6) is 0 Å². The molecule has 0 atom stereocenters. The molecule has 2 aromatic rings. The van der Waals surface area contributed by atoms with Crippen molar-refractivity contribution in [2.45, 2.75) is 20.0 Å². The van der Waals surface area contributed by atoms with E-state index in [2.05, 4.69) is 15.3 Å². The highest BCUT2D eigenvalue weighted by Crippen LogP contribution is 2.24. The van der Waals surface area contributed by atoms with Crippen LogP contribution in [0.4, 0.5) is 5.69 Å². The van der Waals surface area contributed by atoms with Gasteiger partial charge in [0, 0.05) is 31.5 Å². The Balaban J connectivity index is 1.96. The van der Waals surface area contributed by atoms with Crippen LogP contribution in [0, 0.1) is 17.0 Å². The van der Waals surface area contributed by atoms with Crippen LogP contribution in [-0.4, -0.2) is 14.9 Å². The van der Waals surface area contributed by atoms with Crippen LogP contribution < -0.4 is 5.32 Å². The fourth-order valence-corrected chi connectivity index (χ4v) is 1.84. The summed E-state index contributed by atoms with van der Waals surface area (Å²) in [6.45, 7) is 2.91. The van der Waals surface area contributed by atoms with Gasteiger partial charge in [-0.3, -0.25) is 20.1 Å². The van der Waals surface area contributed by atoms with Crippen molar-refractivity contribution in [3.05, 3.63) is 62.7 Å². The summed E-state index contributed by atoms with van der Waals surface area (Å²) < 4.78 is 0. The minimum absolute atomic E-state index is 0.0823. The minimum atomic E-state index is -0.489. The lowest BCUT2D eigenvalue weighted by atomic mass is 10.2. The van der Waals surface area contributed by atoms with Gasteiger partial charge in [0.1, 0.15) is 5.02 Å². The maximum atomic E-state index is 10.8. The van der Waals surface area contributed by atoms with Gasteiger partial charge in [0.05, 0.1) is 16.3 Å². The zero-order chi connectivity index (χ0) is 14.5. The molecule has 0 aliphatic rings. The lowest BCUT2D eigenvalue weighted by Crippen LogP contribution is -2.14. The second-order valence-corrected chi connectivity index (χ2v) is 4.70. The number of aryl methyl sites for hydroxylation is 1. The number of benzene rings is 1. The Morgan fingerprint density at radius 3 is 2.75 bits per heavy atom. The Kier molecular flexibility index (Phi) is 4.60. The highest BCUT2D eigenvalue weighted by molar-refractivity contribution is 6.32. The van der Waals surface area contributed by atoms with Gasteiger partial charge in [0.15, 0.2) is 0 Å². The summed E-state index contributed by atoms with van der Waals surface area (Å²) in [7, 11) is 0. The second kappa shape index (κ2) is 6.40. The highest BCUT2D eigenvalue weighted by Gasteiger charge is 2.12. The molecule has 0 saturated carbocycles. The predicted octanol–water partition coefficient (Wildman–Crippen LogP) is 2.64. The van der Waals surface area contributed by atoms with Crippen LogP contribution in [0.15, 0.2) is 30.6 Å². The van der Waals surface area contributed by atoms with E-state index >= 15 is 0 Å². The van der Waals surface area contributed by atoms with Crippen LogP contribution >= 0.6 is 11.6 Å². The maximum Gasteiger partial charge on any atom is 0.288 e. The van der Waals surface area contributed by atoms with E-state index in [4.69, 9.17) is 11.6 Å². The van der Waals surface area contributed by atoms with Crippen LogP contribution in [0.2, 0.25) is 5.02 Å².